The summed E-state index contributed by atoms with van der Waals surface area (Å²) < 4.78 is 5.92. The molecule has 26 heavy (non-hydrogen) atoms. The number of nitrogens with zero attached hydrogens (tertiary/aromatic N) is 2. The molecule has 1 aromatic carbocycles. The number of hydrogen-bond donors (Lipinski definition) is 2. The normalized spacial score (nSPS) is 15.7. The van der Waals surface area contributed by atoms with Gasteiger partial charge >= 0.3 is 0 Å². The van der Waals surface area contributed by atoms with Crippen LogP contribution in [0.3, 0.4) is 0 Å². The monoisotopic (exact) mass is 362 g/mol. The van der Waals surface area contributed by atoms with Gasteiger partial charge < -0.3 is 15.4 Å². The quantitative estimate of drug-likeness (QED) is 0.231. The van der Waals surface area contributed by atoms with Crippen molar-refractivity contribution in [2.75, 3.05) is 19.7 Å². The third kappa shape index (κ3) is 7.00. The molecular weight excluding hydrogens is 332 g/mol. The summed E-state index contributed by atoms with van der Waals surface area (Å²) in [5.41, 5.74) is 0.711. The van der Waals surface area contributed by atoms with Crippen LogP contribution in [0.15, 0.2) is 29.3 Å². The number of hydrogen-bond acceptors (Lipinski definition) is 4. The van der Waals surface area contributed by atoms with Gasteiger partial charge in [0.2, 0.25) is 0 Å². The van der Waals surface area contributed by atoms with Gasteiger partial charge in [0.1, 0.15) is 0 Å². The standard InChI is InChI=1S/C19H30N4O3/c1-2-20-19(21-13-8-14-26-17-10-4-3-5-11-17)22-15-16-9-6-7-12-18(16)23(24)25/h6-7,9,12,17H,2-5,8,10-11,13-15H2,1H3,(H2,20,21,22). The highest BCUT2D eigenvalue weighted by atomic mass is 16.6. The van der Waals surface area contributed by atoms with Gasteiger partial charge in [0.05, 0.1) is 23.1 Å². The second kappa shape index (κ2) is 11.5. The molecule has 2 N–H and O–H groups in total. The zero-order valence-electron chi connectivity index (χ0n) is 15.6. The molecule has 144 valence electrons. The Hall–Kier alpha value is -2.15. The van der Waals surface area contributed by atoms with E-state index >= 15 is 0 Å². The van der Waals surface area contributed by atoms with Crippen LogP contribution in [0.5, 0.6) is 0 Å². The minimum atomic E-state index is -0.367. The Morgan fingerprint density at radius 2 is 2.04 bits per heavy atom. The number of para-hydroxylation sites is 1. The molecule has 1 aliphatic carbocycles. The van der Waals surface area contributed by atoms with Crippen LogP contribution in [0.4, 0.5) is 5.69 Å². The molecule has 0 aromatic heterocycles. The van der Waals surface area contributed by atoms with E-state index in [1.807, 2.05) is 6.92 Å². The van der Waals surface area contributed by atoms with Gasteiger partial charge in [-0.1, -0.05) is 37.5 Å². The van der Waals surface area contributed by atoms with Crippen LogP contribution in [-0.4, -0.2) is 36.7 Å². The van der Waals surface area contributed by atoms with Gasteiger partial charge in [-0.15, -0.1) is 0 Å². The summed E-state index contributed by atoms with van der Waals surface area (Å²) in [4.78, 5) is 15.2. The maximum Gasteiger partial charge on any atom is 0.274 e. The van der Waals surface area contributed by atoms with E-state index in [0.29, 0.717) is 17.6 Å². The van der Waals surface area contributed by atoms with E-state index in [-0.39, 0.29) is 17.2 Å². The largest absolute Gasteiger partial charge is 0.378 e. The number of benzene rings is 1. The van der Waals surface area contributed by atoms with Crippen molar-refractivity contribution < 1.29 is 9.66 Å². The Labute approximate surface area is 155 Å². The van der Waals surface area contributed by atoms with Crippen molar-refractivity contribution in [1.29, 1.82) is 0 Å². The first-order chi connectivity index (χ1) is 12.7. The van der Waals surface area contributed by atoms with E-state index in [0.717, 1.165) is 26.1 Å². The predicted octanol–water partition coefficient (Wildman–Crippen LogP) is 3.39. The maximum absolute atomic E-state index is 11.1. The highest BCUT2D eigenvalue weighted by Crippen LogP contribution is 2.20. The fourth-order valence-corrected chi connectivity index (χ4v) is 3.09. The number of guanidine groups is 1. The fraction of sp³-hybridized carbons (Fsp3) is 0.632. The first-order valence-corrected chi connectivity index (χ1v) is 9.56. The number of nitrogens with one attached hydrogen (secondary N) is 2. The molecular formula is C19H30N4O3. The predicted molar refractivity (Wildman–Crippen MR) is 103 cm³/mol. The number of rotatable bonds is 9. The minimum Gasteiger partial charge on any atom is -0.378 e. The molecule has 0 spiro atoms. The summed E-state index contributed by atoms with van der Waals surface area (Å²) >= 11 is 0. The summed E-state index contributed by atoms with van der Waals surface area (Å²) in [6, 6.07) is 6.71. The molecule has 0 heterocycles. The van der Waals surface area contributed by atoms with Crippen LogP contribution in [0.1, 0.15) is 51.0 Å². The van der Waals surface area contributed by atoms with Gasteiger partial charge in [-0.25, -0.2) is 4.99 Å². The lowest BCUT2D eigenvalue weighted by Crippen LogP contribution is -2.38. The Morgan fingerprint density at radius 3 is 2.77 bits per heavy atom. The van der Waals surface area contributed by atoms with Crippen molar-refractivity contribution in [3.05, 3.63) is 39.9 Å². The molecule has 0 unspecified atom stereocenters. The van der Waals surface area contributed by atoms with Gasteiger partial charge in [0, 0.05) is 25.8 Å². The first kappa shape index (κ1) is 20.2. The molecule has 1 aromatic rings. The van der Waals surface area contributed by atoms with Crippen LogP contribution >= 0.6 is 0 Å². The summed E-state index contributed by atoms with van der Waals surface area (Å²) in [5.74, 6) is 0.670. The number of aliphatic imine (C=N–C) groups is 1. The van der Waals surface area contributed by atoms with Crippen molar-refractivity contribution in [3.63, 3.8) is 0 Å². The molecule has 0 atom stereocenters. The first-order valence-electron chi connectivity index (χ1n) is 9.56. The Balaban J connectivity index is 1.76. The molecule has 0 bridgehead atoms. The summed E-state index contributed by atoms with van der Waals surface area (Å²) in [6.45, 7) is 4.51. The molecule has 1 saturated carbocycles. The van der Waals surface area contributed by atoms with Crippen LogP contribution in [-0.2, 0) is 11.3 Å². The van der Waals surface area contributed by atoms with Gasteiger partial charge in [-0.05, 0) is 26.2 Å². The summed E-state index contributed by atoms with van der Waals surface area (Å²) in [6.07, 6.45) is 7.62. The Bertz CT molecular complexity index is 586. The van der Waals surface area contributed by atoms with E-state index in [4.69, 9.17) is 4.74 Å². The topological polar surface area (TPSA) is 88.8 Å². The third-order valence-corrected chi connectivity index (χ3v) is 4.46. The second-order valence-corrected chi connectivity index (χ2v) is 6.49. The van der Waals surface area contributed by atoms with E-state index < -0.39 is 0 Å². The average Bonchev–Trinajstić information content (AvgIpc) is 2.66. The average molecular weight is 362 g/mol. The van der Waals surface area contributed by atoms with E-state index in [9.17, 15) is 10.1 Å². The second-order valence-electron chi connectivity index (χ2n) is 6.49. The molecule has 7 nitrogen and oxygen atoms in total. The fourth-order valence-electron chi connectivity index (χ4n) is 3.09. The number of ether oxygens (including phenoxy) is 1. The zero-order valence-corrected chi connectivity index (χ0v) is 15.6. The minimum absolute atomic E-state index is 0.105. The maximum atomic E-state index is 11.1. The Kier molecular flexibility index (Phi) is 8.89. The van der Waals surface area contributed by atoms with Crippen molar-refractivity contribution >= 4 is 11.6 Å². The van der Waals surface area contributed by atoms with Crippen molar-refractivity contribution in [3.8, 4) is 0 Å². The lowest BCUT2D eigenvalue weighted by atomic mass is 9.98. The molecule has 0 aliphatic heterocycles. The van der Waals surface area contributed by atoms with Crippen LogP contribution < -0.4 is 10.6 Å². The molecule has 0 saturated heterocycles. The zero-order chi connectivity index (χ0) is 18.6. The highest BCUT2D eigenvalue weighted by Gasteiger charge is 2.13. The van der Waals surface area contributed by atoms with E-state index in [1.54, 1.807) is 18.2 Å². The third-order valence-electron chi connectivity index (χ3n) is 4.46. The van der Waals surface area contributed by atoms with Crippen LogP contribution in [0.2, 0.25) is 0 Å². The van der Waals surface area contributed by atoms with Crippen molar-refractivity contribution in [1.82, 2.24) is 10.6 Å². The molecule has 7 heteroatoms. The molecule has 0 radical (unpaired) electrons. The van der Waals surface area contributed by atoms with Gasteiger partial charge in [-0.3, -0.25) is 10.1 Å². The molecule has 1 aliphatic rings. The van der Waals surface area contributed by atoms with Gasteiger partial charge in [-0.2, -0.15) is 0 Å². The van der Waals surface area contributed by atoms with Crippen LogP contribution in [0.25, 0.3) is 0 Å². The lowest BCUT2D eigenvalue weighted by Gasteiger charge is -2.22. The highest BCUT2D eigenvalue weighted by molar-refractivity contribution is 5.79. The van der Waals surface area contributed by atoms with Crippen LogP contribution in [0, 0.1) is 10.1 Å². The van der Waals surface area contributed by atoms with Gasteiger partial charge in [0.25, 0.3) is 5.69 Å². The summed E-state index contributed by atoms with van der Waals surface area (Å²) in [5, 5.41) is 17.5. The summed E-state index contributed by atoms with van der Waals surface area (Å²) in [7, 11) is 0. The van der Waals surface area contributed by atoms with Crippen molar-refractivity contribution in [2.45, 2.75) is 58.1 Å². The SMILES string of the molecule is CCNC(=NCc1ccccc1[N+](=O)[O-])NCCCOC1CCCCC1. The number of nitro groups is 1. The number of nitro benzene ring substituents is 1. The molecule has 0 amide bonds. The lowest BCUT2D eigenvalue weighted by molar-refractivity contribution is -0.385. The molecule has 2 rings (SSSR count). The van der Waals surface area contributed by atoms with Crippen molar-refractivity contribution in [2.24, 2.45) is 4.99 Å². The van der Waals surface area contributed by atoms with E-state index in [2.05, 4.69) is 15.6 Å². The molecule has 1 fully saturated rings. The smallest absolute Gasteiger partial charge is 0.274 e. The van der Waals surface area contributed by atoms with Gasteiger partial charge in [0.15, 0.2) is 5.96 Å². The Morgan fingerprint density at radius 1 is 1.27 bits per heavy atom. The van der Waals surface area contributed by atoms with E-state index in [1.165, 1.54) is 38.2 Å².